The maximum absolute atomic E-state index is 13.2. The predicted molar refractivity (Wildman–Crippen MR) is 93.8 cm³/mol. The number of aromatic nitrogens is 3. The Kier molecular flexibility index (Phi) is 4.29. The van der Waals surface area contributed by atoms with Crippen LogP contribution in [-0.2, 0) is 6.54 Å². The van der Waals surface area contributed by atoms with Crippen LogP contribution in [0.5, 0.6) is 0 Å². The van der Waals surface area contributed by atoms with E-state index in [4.69, 9.17) is 0 Å². The van der Waals surface area contributed by atoms with E-state index in [9.17, 15) is 9.18 Å². The molecule has 1 aromatic carbocycles. The summed E-state index contributed by atoms with van der Waals surface area (Å²) in [4.78, 5) is 21.8. The van der Waals surface area contributed by atoms with E-state index in [0.717, 1.165) is 11.1 Å². The van der Waals surface area contributed by atoms with Crippen LogP contribution in [0.4, 0.5) is 10.3 Å². The lowest BCUT2D eigenvalue weighted by molar-refractivity contribution is 0.628. The number of benzene rings is 1. The van der Waals surface area contributed by atoms with Crippen LogP contribution in [0.15, 0.2) is 35.1 Å². The third kappa shape index (κ3) is 2.75. The molecule has 0 saturated carbocycles. The van der Waals surface area contributed by atoms with E-state index in [0.29, 0.717) is 35.8 Å². The van der Waals surface area contributed by atoms with Crippen molar-refractivity contribution in [2.24, 2.45) is 0 Å². The van der Waals surface area contributed by atoms with Gasteiger partial charge in [0.1, 0.15) is 11.5 Å². The van der Waals surface area contributed by atoms with Gasteiger partial charge < -0.3 is 5.32 Å². The zero-order valence-electron chi connectivity index (χ0n) is 13.9. The van der Waals surface area contributed by atoms with Gasteiger partial charge in [0.15, 0.2) is 0 Å². The van der Waals surface area contributed by atoms with Crippen LogP contribution in [0.2, 0.25) is 0 Å². The monoisotopic (exact) mass is 326 g/mol. The first kappa shape index (κ1) is 16.1. The second-order valence-electron chi connectivity index (χ2n) is 5.51. The second-order valence-corrected chi connectivity index (χ2v) is 5.51. The van der Waals surface area contributed by atoms with Gasteiger partial charge in [-0.1, -0.05) is 12.1 Å². The summed E-state index contributed by atoms with van der Waals surface area (Å²) in [6.07, 6.45) is 0. The van der Waals surface area contributed by atoms with Crippen molar-refractivity contribution in [2.45, 2.75) is 27.3 Å². The highest BCUT2D eigenvalue weighted by molar-refractivity contribution is 5.84. The van der Waals surface area contributed by atoms with Crippen LogP contribution in [-0.4, -0.2) is 21.1 Å². The lowest BCUT2D eigenvalue weighted by atomic mass is 10.1. The van der Waals surface area contributed by atoms with Crippen molar-refractivity contribution in [3.63, 3.8) is 0 Å². The maximum Gasteiger partial charge on any atom is 0.260 e. The lowest BCUT2D eigenvalue weighted by Gasteiger charge is -2.13. The van der Waals surface area contributed by atoms with Gasteiger partial charge in [0.2, 0.25) is 5.95 Å². The highest BCUT2D eigenvalue weighted by Gasteiger charge is 2.14. The molecule has 0 atom stereocenters. The molecule has 3 rings (SSSR count). The van der Waals surface area contributed by atoms with Gasteiger partial charge in [0.05, 0.1) is 5.69 Å². The third-order valence-corrected chi connectivity index (χ3v) is 3.94. The van der Waals surface area contributed by atoms with Gasteiger partial charge in [-0.15, -0.1) is 0 Å². The van der Waals surface area contributed by atoms with E-state index in [2.05, 4.69) is 15.3 Å². The van der Waals surface area contributed by atoms with Crippen molar-refractivity contribution in [2.75, 3.05) is 11.9 Å². The van der Waals surface area contributed by atoms with Gasteiger partial charge in [0.25, 0.3) is 5.56 Å². The summed E-state index contributed by atoms with van der Waals surface area (Å²) in [6, 6.07) is 7.73. The highest BCUT2D eigenvalue weighted by atomic mass is 19.1. The third-order valence-electron chi connectivity index (χ3n) is 3.94. The second kappa shape index (κ2) is 6.39. The molecule has 124 valence electrons. The summed E-state index contributed by atoms with van der Waals surface area (Å²) in [7, 11) is 0. The molecule has 0 amide bonds. The molecule has 0 spiro atoms. The first-order valence-electron chi connectivity index (χ1n) is 7.97. The van der Waals surface area contributed by atoms with Crippen LogP contribution >= 0.6 is 0 Å². The first-order valence-corrected chi connectivity index (χ1v) is 7.97. The van der Waals surface area contributed by atoms with E-state index < -0.39 is 0 Å². The van der Waals surface area contributed by atoms with Crippen molar-refractivity contribution in [3.05, 3.63) is 52.2 Å². The van der Waals surface area contributed by atoms with Crippen LogP contribution in [0.25, 0.3) is 22.2 Å². The number of aryl methyl sites for hydroxylation is 2. The number of hydrogen-bond donors (Lipinski definition) is 1. The number of hydrogen-bond acceptors (Lipinski definition) is 4. The Hall–Kier alpha value is -2.76. The number of pyridine rings is 1. The van der Waals surface area contributed by atoms with Gasteiger partial charge in [-0.3, -0.25) is 9.36 Å². The smallest absolute Gasteiger partial charge is 0.260 e. The van der Waals surface area contributed by atoms with Crippen LogP contribution in [0, 0.1) is 12.7 Å². The maximum atomic E-state index is 13.2. The number of halogens is 1. The summed E-state index contributed by atoms with van der Waals surface area (Å²) in [5.74, 6) is 0.184. The van der Waals surface area contributed by atoms with E-state index in [-0.39, 0.29) is 11.4 Å². The Morgan fingerprint density at radius 1 is 1.17 bits per heavy atom. The summed E-state index contributed by atoms with van der Waals surface area (Å²) in [6.45, 7) is 6.96. The molecule has 0 saturated heterocycles. The molecular weight excluding hydrogens is 307 g/mol. The molecule has 0 aliphatic rings. The van der Waals surface area contributed by atoms with Crippen LogP contribution in [0.3, 0.4) is 0 Å². The predicted octanol–water partition coefficient (Wildman–Crippen LogP) is 3.36. The van der Waals surface area contributed by atoms with E-state index in [1.165, 1.54) is 12.1 Å². The summed E-state index contributed by atoms with van der Waals surface area (Å²) in [5, 5.41) is 3.90. The van der Waals surface area contributed by atoms with Crippen molar-refractivity contribution in [1.29, 1.82) is 0 Å². The minimum absolute atomic E-state index is 0.142. The van der Waals surface area contributed by atoms with Gasteiger partial charge in [-0.05, 0) is 44.5 Å². The fraction of sp³-hybridized carbons (Fsp3) is 0.278. The normalized spacial score (nSPS) is 11.0. The quantitative estimate of drug-likeness (QED) is 0.799. The average Bonchev–Trinajstić information content (AvgIpc) is 2.56. The molecule has 0 fully saturated rings. The van der Waals surface area contributed by atoms with Gasteiger partial charge in [-0.2, -0.15) is 4.98 Å². The topological polar surface area (TPSA) is 59.8 Å². The highest BCUT2D eigenvalue weighted by Crippen LogP contribution is 2.23. The largest absolute Gasteiger partial charge is 0.354 e. The SMILES string of the molecule is CCNc1nc(C)c2cc(-c3ccc(F)cc3)c(=O)n(CC)c2n1. The van der Waals surface area contributed by atoms with E-state index in [1.807, 2.05) is 20.8 Å². The summed E-state index contributed by atoms with van der Waals surface area (Å²) < 4.78 is 14.8. The van der Waals surface area contributed by atoms with Crippen molar-refractivity contribution in [3.8, 4) is 11.1 Å². The molecule has 3 aromatic rings. The molecule has 2 aromatic heterocycles. The molecule has 6 heteroatoms. The number of rotatable bonds is 4. The molecule has 2 heterocycles. The Morgan fingerprint density at radius 3 is 2.50 bits per heavy atom. The Labute approximate surface area is 139 Å². The minimum atomic E-state index is -0.329. The van der Waals surface area contributed by atoms with Gasteiger partial charge >= 0.3 is 0 Å². The number of fused-ring (bicyclic) bond motifs is 1. The zero-order chi connectivity index (χ0) is 17.3. The average molecular weight is 326 g/mol. The Balaban J connectivity index is 2.32. The fourth-order valence-corrected chi connectivity index (χ4v) is 2.76. The summed E-state index contributed by atoms with van der Waals surface area (Å²) in [5.41, 5.74) is 2.46. The van der Waals surface area contributed by atoms with Crippen molar-refractivity contribution >= 4 is 17.0 Å². The molecule has 0 unspecified atom stereocenters. The van der Waals surface area contributed by atoms with Crippen molar-refractivity contribution in [1.82, 2.24) is 14.5 Å². The van der Waals surface area contributed by atoms with Crippen molar-refractivity contribution < 1.29 is 4.39 Å². The number of anilines is 1. The molecule has 0 radical (unpaired) electrons. The zero-order valence-corrected chi connectivity index (χ0v) is 13.9. The summed E-state index contributed by atoms with van der Waals surface area (Å²) >= 11 is 0. The number of nitrogens with one attached hydrogen (secondary N) is 1. The standard InChI is InChI=1S/C18H19FN4O/c1-4-20-18-21-11(3)14-10-15(12-6-8-13(19)9-7-12)17(24)23(5-2)16(14)22-18/h6-10H,4-5H2,1-3H3,(H,20,21,22). The molecule has 0 aliphatic heterocycles. The lowest BCUT2D eigenvalue weighted by Crippen LogP contribution is -2.23. The van der Waals surface area contributed by atoms with Gasteiger partial charge in [0, 0.05) is 24.0 Å². The molecule has 0 bridgehead atoms. The molecule has 1 N–H and O–H groups in total. The Morgan fingerprint density at radius 2 is 1.88 bits per heavy atom. The molecule has 24 heavy (non-hydrogen) atoms. The number of nitrogens with zero attached hydrogens (tertiary/aromatic N) is 3. The minimum Gasteiger partial charge on any atom is -0.354 e. The molecule has 5 nitrogen and oxygen atoms in total. The van der Waals surface area contributed by atoms with E-state index >= 15 is 0 Å². The molecular formula is C18H19FN4O. The molecule has 0 aliphatic carbocycles. The fourth-order valence-electron chi connectivity index (χ4n) is 2.76. The van der Waals surface area contributed by atoms with Crippen LogP contribution < -0.4 is 10.9 Å². The van der Waals surface area contributed by atoms with Crippen LogP contribution in [0.1, 0.15) is 19.5 Å². The van der Waals surface area contributed by atoms with Gasteiger partial charge in [-0.25, -0.2) is 9.37 Å². The first-order chi connectivity index (χ1) is 11.5. The van der Waals surface area contributed by atoms with E-state index in [1.54, 1.807) is 22.8 Å². The Bertz CT molecular complexity index is 948.